The molecule has 0 N–H and O–H groups in total. The molecule has 108 valence electrons. The summed E-state index contributed by atoms with van der Waals surface area (Å²) in [4.78, 5) is 30.8. The number of likely N-dealkylation sites (tertiary alicyclic amines) is 1. The van der Waals surface area contributed by atoms with Crippen molar-refractivity contribution in [3.05, 3.63) is 29.8 Å². The van der Waals surface area contributed by atoms with Crippen LogP contribution in [0, 0.1) is 11.9 Å². The molecule has 0 aromatic carbocycles. The van der Waals surface area contributed by atoms with Crippen molar-refractivity contribution >= 4 is 11.8 Å². The van der Waals surface area contributed by atoms with Crippen LogP contribution in [-0.4, -0.2) is 53.8 Å². The van der Waals surface area contributed by atoms with E-state index in [2.05, 4.69) is 4.98 Å². The van der Waals surface area contributed by atoms with Gasteiger partial charge in [0, 0.05) is 33.1 Å². The number of nitrogens with zero attached hydrogens (tertiary/aromatic N) is 3. The maximum absolute atomic E-state index is 13.0. The number of hydrogen-bond acceptors (Lipinski definition) is 3. The fourth-order valence-electron chi connectivity index (χ4n) is 2.38. The maximum atomic E-state index is 13.0. The molecular formula is C14H18FN3O2. The quantitative estimate of drug-likeness (QED) is 0.763. The van der Waals surface area contributed by atoms with Crippen LogP contribution in [0.15, 0.2) is 18.2 Å². The summed E-state index contributed by atoms with van der Waals surface area (Å²) in [5.74, 6) is -0.871. The van der Waals surface area contributed by atoms with Crippen LogP contribution in [0.5, 0.6) is 0 Å². The number of rotatable bonds is 2. The lowest BCUT2D eigenvalue weighted by molar-refractivity contribution is -0.134. The number of amides is 2. The summed E-state index contributed by atoms with van der Waals surface area (Å²) < 4.78 is 13.0. The summed E-state index contributed by atoms with van der Waals surface area (Å²) in [7, 11) is 3.47. The fraction of sp³-hybridized carbons (Fsp3) is 0.500. The minimum Gasteiger partial charge on any atom is -0.349 e. The largest absolute Gasteiger partial charge is 0.349 e. The van der Waals surface area contributed by atoms with Crippen molar-refractivity contribution in [2.24, 2.45) is 5.92 Å². The summed E-state index contributed by atoms with van der Waals surface area (Å²) in [5.41, 5.74) is 0.113. The van der Waals surface area contributed by atoms with Gasteiger partial charge < -0.3 is 9.80 Å². The molecule has 6 heteroatoms. The van der Waals surface area contributed by atoms with Gasteiger partial charge in [-0.05, 0) is 25.0 Å². The Labute approximate surface area is 117 Å². The van der Waals surface area contributed by atoms with Crippen molar-refractivity contribution in [1.82, 2.24) is 14.8 Å². The molecule has 5 nitrogen and oxygen atoms in total. The molecule has 0 spiro atoms. The molecule has 2 heterocycles. The van der Waals surface area contributed by atoms with Gasteiger partial charge in [-0.2, -0.15) is 4.39 Å². The van der Waals surface area contributed by atoms with E-state index < -0.39 is 5.95 Å². The van der Waals surface area contributed by atoms with Gasteiger partial charge in [-0.3, -0.25) is 9.59 Å². The lowest BCUT2D eigenvalue weighted by Crippen LogP contribution is -2.43. The smallest absolute Gasteiger partial charge is 0.272 e. The van der Waals surface area contributed by atoms with E-state index in [-0.39, 0.29) is 23.4 Å². The lowest BCUT2D eigenvalue weighted by Gasteiger charge is -2.32. The van der Waals surface area contributed by atoms with Crippen molar-refractivity contribution < 1.29 is 14.0 Å². The highest BCUT2D eigenvalue weighted by Crippen LogP contribution is 2.20. The van der Waals surface area contributed by atoms with Crippen LogP contribution >= 0.6 is 0 Å². The lowest BCUT2D eigenvalue weighted by atomic mass is 9.95. The van der Waals surface area contributed by atoms with Crippen LogP contribution in [0.2, 0.25) is 0 Å². The third-order valence-corrected chi connectivity index (χ3v) is 3.51. The van der Waals surface area contributed by atoms with Gasteiger partial charge in [0.1, 0.15) is 5.69 Å². The molecule has 1 saturated heterocycles. The molecule has 1 fully saturated rings. The Hall–Kier alpha value is -1.98. The van der Waals surface area contributed by atoms with Gasteiger partial charge >= 0.3 is 0 Å². The van der Waals surface area contributed by atoms with Crippen LogP contribution in [0.3, 0.4) is 0 Å². The van der Waals surface area contributed by atoms with Crippen molar-refractivity contribution in [2.75, 3.05) is 27.2 Å². The molecule has 1 aliphatic heterocycles. The topological polar surface area (TPSA) is 53.5 Å². The number of aromatic nitrogens is 1. The molecule has 0 atom stereocenters. The second-order valence-corrected chi connectivity index (χ2v) is 5.14. The predicted molar refractivity (Wildman–Crippen MR) is 71.5 cm³/mol. The zero-order chi connectivity index (χ0) is 14.7. The minimum absolute atomic E-state index is 0.0329. The second kappa shape index (κ2) is 5.98. The van der Waals surface area contributed by atoms with Crippen molar-refractivity contribution in [2.45, 2.75) is 12.8 Å². The molecule has 0 saturated carbocycles. The number of halogens is 1. The zero-order valence-corrected chi connectivity index (χ0v) is 11.7. The first kappa shape index (κ1) is 14.4. The average Bonchev–Trinajstić information content (AvgIpc) is 2.46. The van der Waals surface area contributed by atoms with Crippen LogP contribution in [0.25, 0.3) is 0 Å². The van der Waals surface area contributed by atoms with Crippen LogP contribution in [0.1, 0.15) is 23.3 Å². The highest BCUT2D eigenvalue weighted by Gasteiger charge is 2.29. The molecule has 0 aliphatic carbocycles. The predicted octanol–water partition coefficient (Wildman–Crippen LogP) is 1.16. The fourth-order valence-corrected chi connectivity index (χ4v) is 2.38. The summed E-state index contributed by atoms with van der Waals surface area (Å²) in [6.07, 6.45) is 1.27. The van der Waals surface area contributed by atoms with Gasteiger partial charge in [-0.25, -0.2) is 4.98 Å². The van der Waals surface area contributed by atoms with E-state index in [4.69, 9.17) is 0 Å². The first-order valence-corrected chi connectivity index (χ1v) is 6.62. The van der Waals surface area contributed by atoms with Crippen LogP contribution in [0.4, 0.5) is 4.39 Å². The summed E-state index contributed by atoms with van der Waals surface area (Å²) >= 11 is 0. The minimum atomic E-state index is -0.659. The molecule has 2 amide bonds. The molecule has 0 radical (unpaired) electrons. The Bertz CT molecular complexity index is 511. The third kappa shape index (κ3) is 3.12. The van der Waals surface area contributed by atoms with Gasteiger partial charge in [-0.1, -0.05) is 6.07 Å². The molecular weight excluding hydrogens is 261 g/mol. The molecule has 0 unspecified atom stereocenters. The number of hydrogen-bond donors (Lipinski definition) is 0. The molecule has 2 rings (SSSR count). The molecule has 1 aliphatic rings. The van der Waals surface area contributed by atoms with E-state index in [0.29, 0.717) is 25.9 Å². The summed E-state index contributed by atoms with van der Waals surface area (Å²) in [6.45, 7) is 1.00. The van der Waals surface area contributed by atoms with Crippen LogP contribution < -0.4 is 0 Å². The highest BCUT2D eigenvalue weighted by molar-refractivity contribution is 5.92. The normalized spacial score (nSPS) is 16.1. The Morgan fingerprint density at radius 1 is 1.30 bits per heavy atom. The monoisotopic (exact) mass is 279 g/mol. The van der Waals surface area contributed by atoms with Crippen LogP contribution in [-0.2, 0) is 4.79 Å². The van der Waals surface area contributed by atoms with Crippen molar-refractivity contribution in [3.8, 4) is 0 Å². The molecule has 20 heavy (non-hydrogen) atoms. The van der Waals surface area contributed by atoms with E-state index in [1.165, 1.54) is 18.2 Å². The van der Waals surface area contributed by atoms with E-state index in [1.807, 2.05) is 0 Å². The Morgan fingerprint density at radius 2 is 1.95 bits per heavy atom. The van der Waals surface area contributed by atoms with E-state index in [9.17, 15) is 14.0 Å². The molecule has 1 aromatic heterocycles. The summed E-state index contributed by atoms with van der Waals surface area (Å²) in [5, 5.41) is 0. The van der Waals surface area contributed by atoms with Gasteiger partial charge in [0.05, 0.1) is 0 Å². The third-order valence-electron chi connectivity index (χ3n) is 3.51. The number of piperidine rings is 1. The SMILES string of the molecule is CN(C)C(=O)C1CCN(C(=O)c2cccc(F)n2)CC1. The molecule has 0 bridgehead atoms. The number of carbonyl (C=O) groups excluding carboxylic acids is 2. The summed E-state index contributed by atoms with van der Waals surface area (Å²) in [6, 6.07) is 4.18. The Balaban J connectivity index is 1.97. The zero-order valence-electron chi connectivity index (χ0n) is 11.7. The second-order valence-electron chi connectivity index (χ2n) is 5.14. The van der Waals surface area contributed by atoms with E-state index in [0.717, 1.165) is 0 Å². The first-order valence-electron chi connectivity index (χ1n) is 6.62. The van der Waals surface area contributed by atoms with E-state index in [1.54, 1.807) is 23.9 Å². The standard InChI is InChI=1S/C14H18FN3O2/c1-17(2)13(19)10-6-8-18(9-7-10)14(20)11-4-3-5-12(15)16-11/h3-5,10H,6-9H2,1-2H3. The van der Waals surface area contributed by atoms with Gasteiger partial charge in [0.2, 0.25) is 11.9 Å². The molecule has 1 aromatic rings. The van der Waals surface area contributed by atoms with Gasteiger partial charge in [0.15, 0.2) is 0 Å². The van der Waals surface area contributed by atoms with Crippen molar-refractivity contribution in [1.29, 1.82) is 0 Å². The highest BCUT2D eigenvalue weighted by atomic mass is 19.1. The number of pyridine rings is 1. The number of carbonyl (C=O) groups is 2. The Kier molecular flexibility index (Phi) is 4.32. The van der Waals surface area contributed by atoms with Gasteiger partial charge in [0.25, 0.3) is 5.91 Å². The van der Waals surface area contributed by atoms with Crippen molar-refractivity contribution in [3.63, 3.8) is 0 Å². The van der Waals surface area contributed by atoms with Gasteiger partial charge in [-0.15, -0.1) is 0 Å². The van der Waals surface area contributed by atoms with E-state index >= 15 is 0 Å². The first-order chi connectivity index (χ1) is 9.49. The maximum Gasteiger partial charge on any atom is 0.272 e. The average molecular weight is 279 g/mol. The Morgan fingerprint density at radius 3 is 2.50 bits per heavy atom.